The molecule has 0 bridgehead atoms. The highest BCUT2D eigenvalue weighted by atomic mass is 16.6. The molecule has 0 aliphatic rings. The molecule has 0 saturated carbocycles. The highest BCUT2D eigenvalue weighted by Crippen LogP contribution is 2.24. The smallest absolute Gasteiger partial charge is 0.326 e. The summed E-state index contributed by atoms with van der Waals surface area (Å²) in [7, 11) is 0. The van der Waals surface area contributed by atoms with Crippen LogP contribution in [-0.4, -0.2) is 23.5 Å². The summed E-state index contributed by atoms with van der Waals surface area (Å²) < 4.78 is 4.39. The minimum absolute atomic E-state index is 0.254. The van der Waals surface area contributed by atoms with Gasteiger partial charge in [0.25, 0.3) is 0 Å². The number of carbonyl (C=O) groups is 4. The molecule has 0 aromatic carbocycles. The van der Waals surface area contributed by atoms with Gasteiger partial charge in [0.15, 0.2) is 5.78 Å². The van der Waals surface area contributed by atoms with Crippen molar-refractivity contribution in [3.8, 4) is 0 Å². The first kappa shape index (κ1) is 16.5. The van der Waals surface area contributed by atoms with E-state index in [0.29, 0.717) is 0 Å². The Balaban J connectivity index is 4.82. The first-order valence-corrected chi connectivity index (χ1v) is 5.68. The summed E-state index contributed by atoms with van der Waals surface area (Å²) in [5.74, 6) is -2.50. The predicted molar refractivity (Wildman–Crippen MR) is 64.6 cm³/mol. The largest absolute Gasteiger partial charge is 0.393 e. The molecule has 18 heavy (non-hydrogen) atoms. The van der Waals surface area contributed by atoms with Gasteiger partial charge in [-0.25, -0.2) is 0 Å². The molecule has 0 saturated heterocycles. The molecule has 5 nitrogen and oxygen atoms in total. The van der Waals surface area contributed by atoms with Crippen molar-refractivity contribution in [2.24, 2.45) is 10.8 Å². The van der Waals surface area contributed by atoms with Gasteiger partial charge in [0.2, 0.25) is 0 Å². The number of hydrogen-bond donors (Lipinski definition) is 0. The third-order valence-electron chi connectivity index (χ3n) is 2.60. The van der Waals surface area contributed by atoms with E-state index in [-0.39, 0.29) is 12.2 Å². The average Bonchev–Trinajstić information content (AvgIpc) is 2.14. The Morgan fingerprint density at radius 1 is 0.889 bits per heavy atom. The second kappa shape index (κ2) is 5.42. The standard InChI is InChI=1S/C13H20O5/c1-8(14)18-11(17)13(5,6)10(16)7-9(15)12(2,3)4/h7H2,1-6H3. The van der Waals surface area contributed by atoms with Crippen molar-refractivity contribution in [1.29, 1.82) is 0 Å². The Morgan fingerprint density at radius 2 is 1.33 bits per heavy atom. The fraction of sp³-hybridized carbons (Fsp3) is 0.692. The minimum Gasteiger partial charge on any atom is -0.393 e. The summed E-state index contributed by atoms with van der Waals surface area (Å²) in [6.45, 7) is 8.86. The van der Waals surface area contributed by atoms with Gasteiger partial charge in [-0.3, -0.25) is 19.2 Å². The van der Waals surface area contributed by atoms with E-state index < -0.39 is 28.6 Å². The van der Waals surface area contributed by atoms with Gasteiger partial charge in [0, 0.05) is 12.3 Å². The van der Waals surface area contributed by atoms with Crippen LogP contribution in [0.5, 0.6) is 0 Å². The van der Waals surface area contributed by atoms with E-state index in [2.05, 4.69) is 4.74 Å². The molecule has 0 fully saturated rings. The van der Waals surface area contributed by atoms with E-state index in [0.717, 1.165) is 6.92 Å². The maximum Gasteiger partial charge on any atom is 0.326 e. The first-order valence-electron chi connectivity index (χ1n) is 5.68. The molecular weight excluding hydrogens is 236 g/mol. The molecule has 102 valence electrons. The van der Waals surface area contributed by atoms with Gasteiger partial charge < -0.3 is 4.74 Å². The normalized spacial score (nSPS) is 11.9. The molecule has 0 aliphatic heterocycles. The van der Waals surface area contributed by atoms with Gasteiger partial charge in [-0.05, 0) is 13.8 Å². The fourth-order valence-corrected chi connectivity index (χ4v) is 1.00. The Labute approximate surface area is 107 Å². The molecule has 0 spiro atoms. The second-order valence-electron chi connectivity index (χ2n) is 5.78. The number of rotatable bonds is 4. The van der Waals surface area contributed by atoms with Gasteiger partial charge in [-0.1, -0.05) is 20.8 Å². The maximum absolute atomic E-state index is 11.9. The third-order valence-corrected chi connectivity index (χ3v) is 2.60. The quantitative estimate of drug-likeness (QED) is 0.565. The van der Waals surface area contributed by atoms with Crippen LogP contribution in [0.3, 0.4) is 0 Å². The summed E-state index contributed by atoms with van der Waals surface area (Å²) in [4.78, 5) is 45.9. The van der Waals surface area contributed by atoms with Gasteiger partial charge in [0.05, 0.1) is 6.42 Å². The summed E-state index contributed by atoms with van der Waals surface area (Å²) in [6.07, 6.45) is -0.344. The lowest BCUT2D eigenvalue weighted by Crippen LogP contribution is -2.38. The van der Waals surface area contributed by atoms with Gasteiger partial charge in [-0.2, -0.15) is 0 Å². The molecule has 0 aliphatic carbocycles. The number of esters is 2. The molecule has 0 atom stereocenters. The van der Waals surface area contributed by atoms with Crippen LogP contribution in [0.4, 0.5) is 0 Å². The Kier molecular flexibility index (Phi) is 4.96. The third kappa shape index (κ3) is 4.39. The Bertz CT molecular complexity index is 385. The van der Waals surface area contributed by atoms with E-state index in [4.69, 9.17) is 0 Å². The van der Waals surface area contributed by atoms with Crippen molar-refractivity contribution in [2.75, 3.05) is 0 Å². The maximum atomic E-state index is 11.9. The molecule has 0 heterocycles. The van der Waals surface area contributed by atoms with Crippen molar-refractivity contribution in [1.82, 2.24) is 0 Å². The van der Waals surface area contributed by atoms with Crippen LogP contribution in [0.25, 0.3) is 0 Å². The zero-order chi connectivity index (χ0) is 14.7. The van der Waals surface area contributed by atoms with Crippen LogP contribution in [0.15, 0.2) is 0 Å². The van der Waals surface area contributed by atoms with Gasteiger partial charge in [-0.15, -0.1) is 0 Å². The molecule has 0 aromatic rings. The zero-order valence-corrected chi connectivity index (χ0v) is 11.7. The number of carbonyl (C=O) groups excluding carboxylic acids is 4. The predicted octanol–water partition coefficient (Wildman–Crippen LogP) is 1.68. The Hall–Kier alpha value is -1.52. The lowest BCUT2D eigenvalue weighted by atomic mass is 9.80. The summed E-state index contributed by atoms with van der Waals surface area (Å²) in [5.41, 5.74) is -2.14. The van der Waals surface area contributed by atoms with E-state index in [9.17, 15) is 19.2 Å². The monoisotopic (exact) mass is 256 g/mol. The van der Waals surface area contributed by atoms with E-state index >= 15 is 0 Å². The average molecular weight is 256 g/mol. The first-order chi connectivity index (χ1) is 7.89. The van der Waals surface area contributed by atoms with E-state index in [1.54, 1.807) is 20.8 Å². The molecule has 0 amide bonds. The number of Topliss-reactive ketones (excluding diaryl/α,β-unsaturated/α-hetero) is 2. The van der Waals surface area contributed by atoms with Crippen LogP contribution in [0, 0.1) is 10.8 Å². The van der Waals surface area contributed by atoms with Crippen molar-refractivity contribution in [3.05, 3.63) is 0 Å². The number of hydrogen-bond acceptors (Lipinski definition) is 5. The molecule has 0 rings (SSSR count). The molecule has 0 aromatic heterocycles. The second-order valence-corrected chi connectivity index (χ2v) is 5.78. The van der Waals surface area contributed by atoms with Crippen LogP contribution in [0.2, 0.25) is 0 Å². The minimum atomic E-state index is -1.49. The lowest BCUT2D eigenvalue weighted by molar-refractivity contribution is -0.166. The lowest BCUT2D eigenvalue weighted by Gasteiger charge is -2.22. The van der Waals surface area contributed by atoms with Crippen LogP contribution in [-0.2, 0) is 23.9 Å². The van der Waals surface area contributed by atoms with Gasteiger partial charge in [0.1, 0.15) is 11.2 Å². The molecule has 0 unspecified atom stereocenters. The van der Waals surface area contributed by atoms with Gasteiger partial charge >= 0.3 is 11.9 Å². The highest BCUT2D eigenvalue weighted by molar-refractivity contribution is 6.12. The van der Waals surface area contributed by atoms with Crippen LogP contribution >= 0.6 is 0 Å². The molecular formula is C13H20O5. The summed E-state index contributed by atoms with van der Waals surface area (Å²) in [6, 6.07) is 0. The summed E-state index contributed by atoms with van der Waals surface area (Å²) >= 11 is 0. The number of ether oxygens (including phenoxy) is 1. The SMILES string of the molecule is CC(=O)OC(=O)C(C)(C)C(=O)CC(=O)C(C)(C)C. The van der Waals surface area contributed by atoms with E-state index in [1.165, 1.54) is 13.8 Å². The molecule has 5 heteroatoms. The Morgan fingerprint density at radius 3 is 1.67 bits per heavy atom. The molecule has 0 N–H and O–H groups in total. The van der Waals surface area contributed by atoms with Crippen LogP contribution < -0.4 is 0 Å². The van der Waals surface area contributed by atoms with E-state index in [1.807, 2.05) is 0 Å². The highest BCUT2D eigenvalue weighted by Gasteiger charge is 2.40. The fourth-order valence-electron chi connectivity index (χ4n) is 1.00. The van der Waals surface area contributed by atoms with Crippen molar-refractivity contribution < 1.29 is 23.9 Å². The van der Waals surface area contributed by atoms with Crippen molar-refractivity contribution in [2.45, 2.75) is 48.0 Å². The molecule has 0 radical (unpaired) electrons. The zero-order valence-electron chi connectivity index (χ0n) is 11.7. The van der Waals surface area contributed by atoms with Crippen molar-refractivity contribution in [3.63, 3.8) is 0 Å². The van der Waals surface area contributed by atoms with Crippen molar-refractivity contribution >= 4 is 23.5 Å². The van der Waals surface area contributed by atoms with Crippen LogP contribution in [0.1, 0.15) is 48.0 Å². The summed E-state index contributed by atoms with van der Waals surface area (Å²) in [5, 5.41) is 0. The topological polar surface area (TPSA) is 77.5 Å². The number of ketones is 2.